The number of piperidine rings is 1. The van der Waals surface area contributed by atoms with E-state index in [-0.39, 0.29) is 0 Å². The number of nitrogens with zero attached hydrogens (tertiary/aromatic N) is 1. The molecule has 0 unspecified atom stereocenters. The normalized spacial score (nSPS) is 15.2. The number of rotatable bonds is 3. The molecule has 0 aromatic heterocycles. The molecule has 0 atom stereocenters. The number of nitrogens with one attached hydrogen (secondary N) is 1. The lowest BCUT2D eigenvalue weighted by atomic mass is 10.1. The Bertz CT molecular complexity index is 449. The number of hydrogen-bond donors (Lipinski definition) is 1. The molecule has 0 saturated carbocycles. The van der Waals surface area contributed by atoms with Crippen molar-refractivity contribution in [1.82, 2.24) is 10.2 Å². The lowest BCUT2D eigenvalue weighted by Crippen LogP contribution is -2.44. The predicted molar refractivity (Wildman–Crippen MR) is 78.2 cm³/mol. The first-order chi connectivity index (χ1) is 9.19. The van der Waals surface area contributed by atoms with Crippen LogP contribution in [0.5, 0.6) is 5.75 Å². The van der Waals surface area contributed by atoms with E-state index in [0.717, 1.165) is 29.5 Å². The Balaban J connectivity index is 1.80. The molecule has 2 rings (SSSR count). The monoisotopic (exact) mass is 278 g/mol. The van der Waals surface area contributed by atoms with Crippen molar-refractivity contribution in [1.29, 1.82) is 0 Å². The van der Waals surface area contributed by atoms with Gasteiger partial charge in [0.05, 0.1) is 7.11 Å². The number of Topliss-reactive ketones (excluding diaryl/α,β-unsaturated/α-hetero) is 1. The summed E-state index contributed by atoms with van der Waals surface area (Å²) in [6.45, 7) is 2.15. The van der Waals surface area contributed by atoms with Gasteiger partial charge in [-0.3, -0.25) is 4.79 Å². The minimum atomic E-state index is 0.328. The van der Waals surface area contributed by atoms with Crippen molar-refractivity contribution in [3.63, 3.8) is 0 Å². The molecule has 0 aliphatic carbocycles. The highest BCUT2D eigenvalue weighted by atomic mass is 32.1. The van der Waals surface area contributed by atoms with Crippen LogP contribution in [0, 0.1) is 0 Å². The van der Waals surface area contributed by atoms with Gasteiger partial charge in [0.15, 0.2) is 5.11 Å². The minimum Gasteiger partial charge on any atom is -0.497 e. The van der Waals surface area contributed by atoms with Gasteiger partial charge in [-0.1, -0.05) is 12.1 Å². The summed E-state index contributed by atoms with van der Waals surface area (Å²) in [7, 11) is 1.65. The van der Waals surface area contributed by atoms with Gasteiger partial charge in [-0.05, 0) is 29.9 Å². The second-order valence-corrected chi connectivity index (χ2v) is 4.92. The number of likely N-dealkylation sites (tertiary alicyclic amines) is 1. The zero-order valence-corrected chi connectivity index (χ0v) is 11.8. The van der Waals surface area contributed by atoms with Crippen molar-refractivity contribution < 1.29 is 9.53 Å². The van der Waals surface area contributed by atoms with E-state index >= 15 is 0 Å². The fourth-order valence-corrected chi connectivity index (χ4v) is 2.25. The number of carbonyl (C=O) groups excluding carboxylic acids is 1. The maximum atomic E-state index is 11.2. The van der Waals surface area contributed by atoms with Gasteiger partial charge in [0.2, 0.25) is 0 Å². The van der Waals surface area contributed by atoms with Crippen LogP contribution in [0.15, 0.2) is 24.3 Å². The minimum absolute atomic E-state index is 0.328. The van der Waals surface area contributed by atoms with Crippen molar-refractivity contribution in [3.8, 4) is 5.75 Å². The summed E-state index contributed by atoms with van der Waals surface area (Å²) in [4.78, 5) is 13.2. The predicted octanol–water partition coefficient (Wildman–Crippen LogP) is 1.73. The number of thiocarbonyl (C=S) groups is 1. The van der Waals surface area contributed by atoms with E-state index < -0.39 is 0 Å². The summed E-state index contributed by atoms with van der Waals surface area (Å²) in [5, 5.41) is 3.95. The van der Waals surface area contributed by atoms with E-state index in [0.29, 0.717) is 25.2 Å². The molecule has 102 valence electrons. The summed E-state index contributed by atoms with van der Waals surface area (Å²) >= 11 is 5.34. The van der Waals surface area contributed by atoms with E-state index in [1.165, 1.54) is 0 Å². The molecule has 1 fully saturated rings. The first kappa shape index (κ1) is 13.8. The molecule has 1 heterocycles. The Hall–Kier alpha value is -1.62. The Morgan fingerprint density at radius 1 is 1.32 bits per heavy atom. The Labute approximate surface area is 118 Å². The fraction of sp³-hybridized carbons (Fsp3) is 0.429. The Kier molecular flexibility index (Phi) is 4.74. The van der Waals surface area contributed by atoms with Crippen LogP contribution in [0.2, 0.25) is 0 Å². The molecular formula is C14H18N2O2S. The number of carbonyl (C=O) groups is 1. The largest absolute Gasteiger partial charge is 0.497 e. The molecule has 1 saturated heterocycles. The van der Waals surface area contributed by atoms with E-state index in [9.17, 15) is 4.79 Å². The van der Waals surface area contributed by atoms with Gasteiger partial charge in [-0.25, -0.2) is 0 Å². The van der Waals surface area contributed by atoms with Gasteiger partial charge >= 0.3 is 0 Å². The van der Waals surface area contributed by atoms with Crippen LogP contribution in [0.3, 0.4) is 0 Å². The molecule has 1 aliphatic heterocycles. The number of ketones is 1. The zero-order chi connectivity index (χ0) is 13.7. The summed E-state index contributed by atoms with van der Waals surface area (Å²) in [6, 6.07) is 7.88. The second-order valence-electron chi connectivity index (χ2n) is 4.53. The smallest absolute Gasteiger partial charge is 0.169 e. The van der Waals surface area contributed by atoms with Crippen LogP contribution in [-0.2, 0) is 11.3 Å². The third kappa shape index (κ3) is 3.92. The van der Waals surface area contributed by atoms with Crippen LogP contribution in [0.1, 0.15) is 18.4 Å². The van der Waals surface area contributed by atoms with Crippen molar-refractivity contribution in [3.05, 3.63) is 29.8 Å². The van der Waals surface area contributed by atoms with E-state index in [1.54, 1.807) is 7.11 Å². The summed E-state index contributed by atoms with van der Waals surface area (Å²) in [5.74, 6) is 1.18. The van der Waals surface area contributed by atoms with Crippen molar-refractivity contribution in [2.75, 3.05) is 20.2 Å². The molecule has 1 N–H and O–H groups in total. The lowest BCUT2D eigenvalue weighted by molar-refractivity contribution is -0.120. The van der Waals surface area contributed by atoms with Gasteiger partial charge in [0.1, 0.15) is 11.5 Å². The maximum absolute atomic E-state index is 11.2. The van der Waals surface area contributed by atoms with Gasteiger partial charge in [-0.15, -0.1) is 0 Å². The first-order valence-corrected chi connectivity index (χ1v) is 6.77. The molecule has 1 aromatic carbocycles. The van der Waals surface area contributed by atoms with Crippen molar-refractivity contribution in [2.45, 2.75) is 19.4 Å². The summed E-state index contributed by atoms with van der Waals surface area (Å²) in [5.41, 5.74) is 1.15. The highest BCUT2D eigenvalue weighted by Crippen LogP contribution is 2.11. The second kappa shape index (κ2) is 6.52. The molecule has 0 bridgehead atoms. The van der Waals surface area contributed by atoms with Gasteiger partial charge < -0.3 is 15.0 Å². The van der Waals surface area contributed by atoms with Crippen LogP contribution < -0.4 is 10.1 Å². The van der Waals surface area contributed by atoms with Crippen molar-refractivity contribution in [2.24, 2.45) is 0 Å². The molecule has 19 heavy (non-hydrogen) atoms. The van der Waals surface area contributed by atoms with E-state index in [2.05, 4.69) is 10.2 Å². The van der Waals surface area contributed by atoms with Gasteiger partial charge in [0.25, 0.3) is 0 Å². The topological polar surface area (TPSA) is 41.6 Å². The highest BCUT2D eigenvalue weighted by Gasteiger charge is 2.17. The quantitative estimate of drug-likeness (QED) is 0.853. The average Bonchev–Trinajstić information content (AvgIpc) is 2.46. The van der Waals surface area contributed by atoms with Crippen LogP contribution in [-0.4, -0.2) is 36.0 Å². The molecule has 1 aromatic rings. The highest BCUT2D eigenvalue weighted by molar-refractivity contribution is 7.80. The average molecular weight is 278 g/mol. The molecule has 0 amide bonds. The van der Waals surface area contributed by atoms with Gasteiger partial charge in [-0.2, -0.15) is 0 Å². The molecular weight excluding hydrogens is 260 g/mol. The maximum Gasteiger partial charge on any atom is 0.169 e. The summed E-state index contributed by atoms with van der Waals surface area (Å²) < 4.78 is 5.11. The third-order valence-corrected chi connectivity index (χ3v) is 3.61. The van der Waals surface area contributed by atoms with Crippen molar-refractivity contribution >= 4 is 23.1 Å². The van der Waals surface area contributed by atoms with Gasteiger partial charge in [0, 0.05) is 32.5 Å². The molecule has 1 aliphatic rings. The number of ether oxygens (including phenoxy) is 1. The standard InChI is InChI=1S/C14H18N2O2S/c1-18-13-4-2-11(3-5-13)10-15-14(19)16-8-6-12(17)7-9-16/h2-5H,6-10H2,1H3,(H,15,19). The Morgan fingerprint density at radius 3 is 2.53 bits per heavy atom. The molecule has 5 heteroatoms. The lowest BCUT2D eigenvalue weighted by Gasteiger charge is -2.28. The number of hydrogen-bond acceptors (Lipinski definition) is 3. The number of benzene rings is 1. The molecule has 0 spiro atoms. The Morgan fingerprint density at radius 2 is 1.95 bits per heavy atom. The van der Waals surface area contributed by atoms with Crippen LogP contribution >= 0.6 is 12.2 Å². The molecule has 4 nitrogen and oxygen atoms in total. The third-order valence-electron chi connectivity index (χ3n) is 3.21. The van der Waals surface area contributed by atoms with E-state index in [4.69, 9.17) is 17.0 Å². The molecule has 0 radical (unpaired) electrons. The number of methoxy groups -OCH3 is 1. The summed E-state index contributed by atoms with van der Waals surface area (Å²) in [6.07, 6.45) is 1.20. The SMILES string of the molecule is COc1ccc(CNC(=S)N2CCC(=O)CC2)cc1. The zero-order valence-electron chi connectivity index (χ0n) is 11.0. The first-order valence-electron chi connectivity index (χ1n) is 6.36. The van der Waals surface area contributed by atoms with Crippen LogP contribution in [0.25, 0.3) is 0 Å². The van der Waals surface area contributed by atoms with E-state index in [1.807, 2.05) is 24.3 Å². The fourth-order valence-electron chi connectivity index (χ4n) is 1.99. The van der Waals surface area contributed by atoms with Crippen LogP contribution in [0.4, 0.5) is 0 Å².